The van der Waals surface area contributed by atoms with Crippen molar-refractivity contribution in [3.05, 3.63) is 36.3 Å². The molecule has 5 nitrogen and oxygen atoms in total. The average Bonchev–Trinajstić information content (AvgIpc) is 2.72. The molecule has 0 fully saturated rings. The number of H-pyrrole nitrogens is 1. The number of nitrogens with one attached hydrogen (secondary N) is 1. The van der Waals surface area contributed by atoms with Crippen LogP contribution in [0.2, 0.25) is 0 Å². The van der Waals surface area contributed by atoms with Crippen LogP contribution in [0.1, 0.15) is 5.56 Å². The van der Waals surface area contributed by atoms with E-state index in [9.17, 15) is 0 Å². The van der Waals surface area contributed by atoms with Gasteiger partial charge in [-0.2, -0.15) is 0 Å². The van der Waals surface area contributed by atoms with Gasteiger partial charge in [0.05, 0.1) is 17.4 Å². The molecule has 0 aromatic carbocycles. The van der Waals surface area contributed by atoms with E-state index in [1.165, 1.54) is 0 Å². The fourth-order valence-electron chi connectivity index (χ4n) is 1.75. The van der Waals surface area contributed by atoms with Crippen molar-refractivity contribution in [1.29, 1.82) is 0 Å². The Bertz CT molecular complexity index is 686. The summed E-state index contributed by atoms with van der Waals surface area (Å²) in [6.45, 7) is 1.99. The van der Waals surface area contributed by atoms with E-state index < -0.39 is 0 Å². The summed E-state index contributed by atoms with van der Waals surface area (Å²) < 4.78 is 0. The number of fused-ring (bicyclic) bond motifs is 1. The number of nitrogen functional groups attached to an aromatic ring is 1. The summed E-state index contributed by atoms with van der Waals surface area (Å²) in [5.41, 5.74) is 10.0. The quantitative estimate of drug-likeness (QED) is 0.663. The molecule has 3 N–H and O–H groups in total. The Morgan fingerprint density at radius 1 is 1.29 bits per heavy atom. The van der Waals surface area contributed by atoms with E-state index in [2.05, 4.69) is 19.9 Å². The van der Waals surface area contributed by atoms with E-state index in [0.717, 1.165) is 22.5 Å². The van der Waals surface area contributed by atoms with Gasteiger partial charge in [-0.3, -0.25) is 4.98 Å². The molecule has 0 spiro atoms. The summed E-state index contributed by atoms with van der Waals surface area (Å²) in [6.07, 6.45) is 5.10. The number of aromatic amines is 1. The minimum atomic E-state index is 0.600. The second kappa shape index (κ2) is 3.55. The predicted molar refractivity (Wildman–Crippen MR) is 66.3 cm³/mol. The second-order valence-corrected chi connectivity index (χ2v) is 3.93. The molecule has 3 rings (SSSR count). The van der Waals surface area contributed by atoms with Gasteiger partial charge < -0.3 is 10.7 Å². The molecule has 3 aromatic rings. The van der Waals surface area contributed by atoms with E-state index in [0.29, 0.717) is 11.3 Å². The third-order valence-corrected chi connectivity index (χ3v) is 2.58. The van der Waals surface area contributed by atoms with Crippen LogP contribution in [0.15, 0.2) is 30.7 Å². The Balaban J connectivity index is 2.22. The van der Waals surface area contributed by atoms with Crippen LogP contribution in [0.4, 0.5) is 5.69 Å². The molecular formula is C12H11N5. The number of nitrogens with zero attached hydrogens (tertiary/aromatic N) is 3. The Kier molecular flexibility index (Phi) is 2.04. The average molecular weight is 225 g/mol. The lowest BCUT2D eigenvalue weighted by Crippen LogP contribution is -1.91. The molecule has 5 heteroatoms. The topological polar surface area (TPSA) is 80.5 Å². The summed E-state index contributed by atoms with van der Waals surface area (Å²) in [4.78, 5) is 15.8. The number of hydrogen-bond donors (Lipinski definition) is 2. The van der Waals surface area contributed by atoms with Crippen molar-refractivity contribution >= 4 is 16.9 Å². The van der Waals surface area contributed by atoms with Crippen LogP contribution in [0, 0.1) is 6.92 Å². The third kappa shape index (κ3) is 1.61. The van der Waals surface area contributed by atoms with Crippen molar-refractivity contribution in [2.75, 3.05) is 5.73 Å². The van der Waals surface area contributed by atoms with E-state index in [-0.39, 0.29) is 0 Å². The Labute approximate surface area is 97.7 Å². The highest BCUT2D eigenvalue weighted by Gasteiger charge is 2.08. The molecule has 3 heterocycles. The van der Waals surface area contributed by atoms with Gasteiger partial charge in [0.1, 0.15) is 5.82 Å². The molecule has 3 aromatic heterocycles. The number of hydrogen-bond acceptors (Lipinski definition) is 4. The molecule has 0 unspecified atom stereocenters. The Morgan fingerprint density at radius 3 is 3.00 bits per heavy atom. The maximum atomic E-state index is 5.86. The van der Waals surface area contributed by atoms with Gasteiger partial charge in [-0.15, -0.1) is 0 Å². The smallest absolute Gasteiger partial charge is 0.178 e. The molecule has 0 radical (unpaired) electrons. The summed E-state index contributed by atoms with van der Waals surface area (Å²) in [5.74, 6) is 0.720. The monoisotopic (exact) mass is 225 g/mol. The van der Waals surface area contributed by atoms with Gasteiger partial charge in [-0.25, -0.2) is 9.97 Å². The number of aromatic nitrogens is 4. The first-order valence-electron chi connectivity index (χ1n) is 5.26. The van der Waals surface area contributed by atoms with E-state index >= 15 is 0 Å². The lowest BCUT2D eigenvalue weighted by Gasteiger charge is -1.99. The normalized spacial score (nSPS) is 10.9. The fraction of sp³-hybridized carbons (Fsp3) is 0.0833. The lowest BCUT2D eigenvalue weighted by atomic mass is 10.2. The van der Waals surface area contributed by atoms with Crippen molar-refractivity contribution in [1.82, 2.24) is 19.9 Å². The molecule has 84 valence electrons. The van der Waals surface area contributed by atoms with E-state index in [1.807, 2.05) is 19.1 Å². The van der Waals surface area contributed by atoms with Gasteiger partial charge in [0.2, 0.25) is 0 Å². The number of nitrogens with two attached hydrogens (primary N) is 1. The molecule has 0 amide bonds. The van der Waals surface area contributed by atoms with Crippen LogP contribution in [0.25, 0.3) is 22.6 Å². The lowest BCUT2D eigenvalue weighted by molar-refractivity contribution is 1.27. The zero-order chi connectivity index (χ0) is 11.8. The summed E-state index contributed by atoms with van der Waals surface area (Å²) >= 11 is 0. The highest BCUT2D eigenvalue weighted by atomic mass is 15.0. The van der Waals surface area contributed by atoms with Gasteiger partial charge in [0, 0.05) is 18.0 Å². The van der Waals surface area contributed by atoms with Crippen LogP contribution in [-0.2, 0) is 0 Å². The van der Waals surface area contributed by atoms with Crippen LogP contribution in [0.5, 0.6) is 0 Å². The molecule has 0 aliphatic carbocycles. The maximum absolute atomic E-state index is 5.86. The van der Waals surface area contributed by atoms with Gasteiger partial charge in [-0.1, -0.05) is 0 Å². The summed E-state index contributed by atoms with van der Waals surface area (Å²) in [6, 6.07) is 3.84. The zero-order valence-corrected chi connectivity index (χ0v) is 9.31. The van der Waals surface area contributed by atoms with Gasteiger partial charge in [0.15, 0.2) is 5.65 Å². The molecule has 0 atom stereocenters. The number of rotatable bonds is 1. The van der Waals surface area contributed by atoms with Crippen molar-refractivity contribution in [2.45, 2.75) is 6.92 Å². The number of pyridine rings is 2. The molecule has 17 heavy (non-hydrogen) atoms. The second-order valence-electron chi connectivity index (χ2n) is 3.93. The van der Waals surface area contributed by atoms with Crippen molar-refractivity contribution in [3.63, 3.8) is 0 Å². The predicted octanol–water partition coefficient (Wildman–Crippen LogP) is 1.91. The summed E-state index contributed by atoms with van der Waals surface area (Å²) in [7, 11) is 0. The maximum Gasteiger partial charge on any atom is 0.178 e. The number of imidazole rings is 1. The minimum absolute atomic E-state index is 0.600. The Hall–Kier alpha value is -2.43. The molecular weight excluding hydrogens is 214 g/mol. The van der Waals surface area contributed by atoms with Crippen LogP contribution in [-0.4, -0.2) is 19.9 Å². The Morgan fingerprint density at radius 2 is 2.18 bits per heavy atom. The summed E-state index contributed by atoms with van der Waals surface area (Å²) in [5, 5.41) is 0. The standard InChI is InChI=1S/C12H11N5/c1-7-4-10-12(15-5-7)17-11(16-10)8-2-3-14-6-9(8)13/h2-6H,13H2,1H3,(H,15,16,17). The molecule has 0 aliphatic heterocycles. The number of anilines is 1. The van der Waals surface area contributed by atoms with Crippen molar-refractivity contribution < 1.29 is 0 Å². The molecule has 0 saturated heterocycles. The van der Waals surface area contributed by atoms with Crippen molar-refractivity contribution in [3.8, 4) is 11.4 Å². The minimum Gasteiger partial charge on any atom is -0.397 e. The largest absolute Gasteiger partial charge is 0.397 e. The SMILES string of the molecule is Cc1cnc2nc(-c3ccncc3N)[nH]c2c1. The van der Waals surface area contributed by atoms with E-state index in [1.54, 1.807) is 18.6 Å². The fourth-order valence-corrected chi connectivity index (χ4v) is 1.75. The molecule has 0 saturated carbocycles. The van der Waals surface area contributed by atoms with Crippen LogP contribution in [0.3, 0.4) is 0 Å². The van der Waals surface area contributed by atoms with Crippen LogP contribution < -0.4 is 5.73 Å². The van der Waals surface area contributed by atoms with Gasteiger partial charge in [-0.05, 0) is 24.6 Å². The number of aryl methyl sites for hydroxylation is 1. The molecule has 0 bridgehead atoms. The van der Waals surface area contributed by atoms with Crippen LogP contribution >= 0.6 is 0 Å². The zero-order valence-electron chi connectivity index (χ0n) is 9.31. The first kappa shape index (κ1) is 9.77. The first-order valence-corrected chi connectivity index (χ1v) is 5.26. The highest BCUT2D eigenvalue weighted by molar-refractivity contribution is 5.79. The van der Waals surface area contributed by atoms with E-state index in [4.69, 9.17) is 5.73 Å². The van der Waals surface area contributed by atoms with Gasteiger partial charge in [0.25, 0.3) is 0 Å². The van der Waals surface area contributed by atoms with Gasteiger partial charge >= 0.3 is 0 Å². The highest BCUT2D eigenvalue weighted by Crippen LogP contribution is 2.23. The molecule has 0 aliphatic rings. The third-order valence-electron chi connectivity index (χ3n) is 2.58. The first-order chi connectivity index (χ1) is 8.24. The van der Waals surface area contributed by atoms with Crippen molar-refractivity contribution in [2.24, 2.45) is 0 Å².